The number of carbonyl (C=O) groups is 3. The Labute approximate surface area is 378 Å². The summed E-state index contributed by atoms with van der Waals surface area (Å²) in [5, 5.41) is 9.66. The lowest BCUT2D eigenvalue weighted by Gasteiger charge is -2.33. The number of hydrogen-bond acceptors (Lipinski definition) is 7. The quantitative estimate of drug-likeness (QED) is 0.0480. The number of carbonyl (C=O) groups excluding carboxylic acids is 2. The highest BCUT2D eigenvalue weighted by Crippen LogP contribution is 2.16. The molecular formula is C52H103N5O4. The predicted octanol–water partition coefficient (Wildman–Crippen LogP) is 11.9. The van der Waals surface area contributed by atoms with E-state index >= 15 is 0 Å². The lowest BCUT2D eigenvalue weighted by Crippen LogP contribution is -2.49. The van der Waals surface area contributed by atoms with Crippen molar-refractivity contribution in [2.24, 2.45) is 0 Å². The molecule has 0 saturated carbocycles. The van der Waals surface area contributed by atoms with Crippen LogP contribution in [-0.2, 0) is 14.4 Å². The minimum atomic E-state index is -0.807. The summed E-state index contributed by atoms with van der Waals surface area (Å²) in [6.07, 6.45) is 44.0. The molecule has 1 aliphatic rings. The van der Waals surface area contributed by atoms with Crippen LogP contribution in [0, 0.1) is 0 Å². The van der Waals surface area contributed by atoms with E-state index in [1.165, 1.54) is 193 Å². The third-order valence-electron chi connectivity index (χ3n) is 13.3. The van der Waals surface area contributed by atoms with Crippen LogP contribution in [0.4, 0.5) is 0 Å². The van der Waals surface area contributed by atoms with Crippen molar-refractivity contribution in [3.8, 4) is 0 Å². The van der Waals surface area contributed by atoms with E-state index in [2.05, 4.69) is 40.4 Å². The van der Waals surface area contributed by atoms with Crippen LogP contribution in [0.25, 0.3) is 0 Å². The Kier molecular flexibility index (Phi) is 41.2. The maximum atomic E-state index is 14.1. The monoisotopic (exact) mass is 862 g/mol. The standard InChI is InChI=1S/C52H103N5O4/c1-4-7-9-11-13-15-17-19-21-23-25-27-29-31-33-35-37-57(38-36-34-32-30-28-26-24-22-20-18-16-14-12-10-8-5-2)51(59)49-55-44-42-54(47-48-58)41-39-53(6-3)40-43-56(46-45-55)50-52(60)61/h48H,4-47,49-50H2,1-3H3,(H,60,61). The average Bonchev–Trinajstić information content (AvgIpc) is 3.25. The number of aliphatic carboxylic acids is 1. The molecule has 0 atom stereocenters. The molecule has 1 fully saturated rings. The molecule has 0 spiro atoms. The Bertz CT molecular complexity index is 949. The molecule has 61 heavy (non-hydrogen) atoms. The first-order valence-electron chi connectivity index (χ1n) is 26.8. The molecule has 1 rings (SSSR count). The number of hydrogen-bond donors (Lipinski definition) is 1. The highest BCUT2D eigenvalue weighted by atomic mass is 16.4. The van der Waals surface area contributed by atoms with Crippen LogP contribution in [0.3, 0.4) is 0 Å². The Morgan fingerprint density at radius 1 is 0.410 bits per heavy atom. The van der Waals surface area contributed by atoms with Gasteiger partial charge in [0, 0.05) is 65.4 Å². The minimum absolute atomic E-state index is 0.0151. The summed E-state index contributed by atoms with van der Waals surface area (Å²) < 4.78 is 0. The molecule has 360 valence electrons. The number of carboxylic acids is 1. The van der Waals surface area contributed by atoms with E-state index in [9.17, 15) is 19.5 Å². The van der Waals surface area contributed by atoms with E-state index in [0.717, 1.165) is 64.9 Å². The Morgan fingerprint density at radius 3 is 0.984 bits per heavy atom. The van der Waals surface area contributed by atoms with Gasteiger partial charge in [-0.2, -0.15) is 0 Å². The number of amides is 1. The van der Waals surface area contributed by atoms with Gasteiger partial charge in [0.2, 0.25) is 5.91 Å². The SMILES string of the molecule is CCCCCCCCCCCCCCCCCCN(CCCCCCCCCCCCCCCCCC)C(=O)CN1CCN(CC=O)CCN(CC)CCN(CC(=O)O)CC1. The molecule has 1 N–H and O–H groups in total. The van der Waals surface area contributed by atoms with Crippen LogP contribution in [0.1, 0.15) is 226 Å². The van der Waals surface area contributed by atoms with Gasteiger partial charge in [-0.15, -0.1) is 0 Å². The smallest absolute Gasteiger partial charge is 0.317 e. The van der Waals surface area contributed by atoms with Gasteiger partial charge in [-0.1, -0.05) is 213 Å². The summed E-state index contributed by atoms with van der Waals surface area (Å²) in [7, 11) is 0. The lowest BCUT2D eigenvalue weighted by molar-refractivity contribution is -0.138. The summed E-state index contributed by atoms with van der Waals surface area (Å²) in [5.74, 6) is -0.600. The molecule has 9 nitrogen and oxygen atoms in total. The van der Waals surface area contributed by atoms with E-state index in [0.29, 0.717) is 39.3 Å². The second kappa shape index (κ2) is 43.7. The van der Waals surface area contributed by atoms with Gasteiger partial charge in [-0.25, -0.2) is 0 Å². The maximum Gasteiger partial charge on any atom is 0.317 e. The van der Waals surface area contributed by atoms with Crippen molar-refractivity contribution < 1.29 is 19.5 Å². The Hall–Kier alpha value is -1.55. The van der Waals surface area contributed by atoms with Gasteiger partial charge < -0.3 is 19.7 Å². The van der Waals surface area contributed by atoms with Crippen LogP contribution >= 0.6 is 0 Å². The number of rotatable bonds is 41. The van der Waals surface area contributed by atoms with E-state index in [-0.39, 0.29) is 12.5 Å². The van der Waals surface area contributed by atoms with Crippen molar-refractivity contribution >= 4 is 18.2 Å². The first kappa shape index (κ1) is 57.5. The Morgan fingerprint density at radius 2 is 0.689 bits per heavy atom. The molecule has 1 saturated heterocycles. The van der Waals surface area contributed by atoms with E-state index in [1.54, 1.807) is 0 Å². The van der Waals surface area contributed by atoms with Crippen molar-refractivity contribution in [3.05, 3.63) is 0 Å². The van der Waals surface area contributed by atoms with Crippen molar-refractivity contribution in [2.45, 2.75) is 226 Å². The fraction of sp³-hybridized carbons (Fsp3) is 0.942. The Balaban J connectivity index is 2.60. The zero-order valence-electron chi connectivity index (χ0n) is 41.0. The number of carboxylic acid groups (broad SMARTS) is 1. The number of aldehydes is 1. The maximum absolute atomic E-state index is 14.1. The van der Waals surface area contributed by atoms with E-state index in [1.807, 2.05) is 4.90 Å². The zero-order valence-corrected chi connectivity index (χ0v) is 41.0. The molecule has 0 aliphatic carbocycles. The van der Waals surface area contributed by atoms with E-state index < -0.39 is 5.97 Å². The summed E-state index contributed by atoms with van der Waals surface area (Å²) in [6, 6.07) is 0. The topological polar surface area (TPSA) is 87.6 Å². The summed E-state index contributed by atoms with van der Waals surface area (Å²) in [6.45, 7) is 15.8. The molecule has 9 heteroatoms. The van der Waals surface area contributed by atoms with Gasteiger partial charge in [0.05, 0.1) is 19.6 Å². The van der Waals surface area contributed by atoms with Gasteiger partial charge in [0.1, 0.15) is 6.29 Å². The average molecular weight is 862 g/mol. The largest absolute Gasteiger partial charge is 0.480 e. The van der Waals surface area contributed by atoms with Crippen LogP contribution in [-0.4, -0.2) is 139 Å². The highest BCUT2D eigenvalue weighted by Gasteiger charge is 2.21. The molecule has 0 unspecified atom stereocenters. The van der Waals surface area contributed by atoms with Crippen LogP contribution in [0.15, 0.2) is 0 Å². The lowest BCUT2D eigenvalue weighted by atomic mass is 10.0. The molecule has 1 heterocycles. The minimum Gasteiger partial charge on any atom is -0.480 e. The van der Waals surface area contributed by atoms with Gasteiger partial charge >= 0.3 is 5.97 Å². The van der Waals surface area contributed by atoms with Crippen molar-refractivity contribution in [2.75, 3.05) is 91.6 Å². The fourth-order valence-corrected chi connectivity index (χ4v) is 9.04. The number of likely N-dealkylation sites (N-methyl/N-ethyl adjacent to an activating group) is 1. The first-order valence-corrected chi connectivity index (χ1v) is 26.8. The zero-order chi connectivity index (χ0) is 44.3. The summed E-state index contributed by atoms with van der Waals surface area (Å²) in [5.41, 5.74) is 0. The molecule has 0 aromatic rings. The summed E-state index contributed by atoms with van der Waals surface area (Å²) >= 11 is 0. The fourth-order valence-electron chi connectivity index (χ4n) is 9.04. The third-order valence-corrected chi connectivity index (χ3v) is 13.3. The van der Waals surface area contributed by atoms with Gasteiger partial charge in [0.25, 0.3) is 0 Å². The third kappa shape index (κ3) is 36.5. The van der Waals surface area contributed by atoms with Gasteiger partial charge in [-0.3, -0.25) is 24.3 Å². The predicted molar refractivity (Wildman–Crippen MR) is 261 cm³/mol. The van der Waals surface area contributed by atoms with Crippen molar-refractivity contribution in [1.29, 1.82) is 0 Å². The molecule has 0 bridgehead atoms. The van der Waals surface area contributed by atoms with Gasteiger partial charge in [-0.05, 0) is 19.4 Å². The summed E-state index contributed by atoms with van der Waals surface area (Å²) in [4.78, 5) is 48.4. The molecule has 0 aromatic carbocycles. The van der Waals surface area contributed by atoms with Crippen LogP contribution in [0.5, 0.6) is 0 Å². The van der Waals surface area contributed by atoms with Crippen LogP contribution < -0.4 is 0 Å². The van der Waals surface area contributed by atoms with Gasteiger partial charge in [0.15, 0.2) is 0 Å². The molecule has 1 aliphatic heterocycles. The number of nitrogens with zero attached hydrogens (tertiary/aromatic N) is 5. The van der Waals surface area contributed by atoms with Crippen molar-refractivity contribution in [3.63, 3.8) is 0 Å². The van der Waals surface area contributed by atoms with Crippen LogP contribution in [0.2, 0.25) is 0 Å². The van der Waals surface area contributed by atoms with Crippen molar-refractivity contribution in [1.82, 2.24) is 24.5 Å². The number of unbranched alkanes of at least 4 members (excludes halogenated alkanes) is 30. The normalized spacial score (nSPS) is 15.5. The van der Waals surface area contributed by atoms with E-state index in [4.69, 9.17) is 0 Å². The molecule has 0 radical (unpaired) electrons. The highest BCUT2D eigenvalue weighted by molar-refractivity contribution is 5.78. The first-order chi connectivity index (χ1) is 29.9. The second-order valence-electron chi connectivity index (χ2n) is 18.8. The molecule has 1 amide bonds. The molecular weight excluding hydrogens is 759 g/mol. The second-order valence-corrected chi connectivity index (χ2v) is 18.8. The molecule has 0 aromatic heterocycles.